The van der Waals surface area contributed by atoms with Crippen LogP contribution >= 0.6 is 27.3 Å². The van der Waals surface area contributed by atoms with E-state index in [4.69, 9.17) is 4.98 Å². The third-order valence-electron chi connectivity index (χ3n) is 4.91. The Kier molecular flexibility index (Phi) is 5.85. The highest BCUT2D eigenvalue weighted by Gasteiger charge is 2.28. The highest BCUT2D eigenvalue weighted by Crippen LogP contribution is 2.34. The van der Waals surface area contributed by atoms with Crippen LogP contribution in [0.2, 0.25) is 0 Å². The van der Waals surface area contributed by atoms with Gasteiger partial charge in [-0.05, 0) is 62.2 Å². The number of rotatable bonds is 5. The number of anilines is 1. The summed E-state index contributed by atoms with van der Waals surface area (Å²) in [5, 5.41) is 5.63. The lowest BCUT2D eigenvalue weighted by Crippen LogP contribution is -2.23. The third-order valence-corrected chi connectivity index (χ3v) is 6.22. The van der Waals surface area contributed by atoms with Crippen molar-refractivity contribution in [3.8, 4) is 0 Å². The lowest BCUT2D eigenvalue weighted by molar-refractivity contribution is 0.102. The number of hydrogen-bond acceptors (Lipinski definition) is 5. The molecule has 5 nitrogen and oxygen atoms in total. The number of aryl methyl sites for hydroxylation is 1. The monoisotopic (exact) mass is 456 g/mol. The highest BCUT2D eigenvalue weighted by molar-refractivity contribution is 9.10. The number of nitrogens with zero attached hydrogens (tertiary/aromatic N) is 3. The van der Waals surface area contributed by atoms with Crippen molar-refractivity contribution in [2.45, 2.75) is 32.4 Å². The maximum atomic E-state index is 12.4. The summed E-state index contributed by atoms with van der Waals surface area (Å²) >= 11 is 4.87. The molecule has 0 bridgehead atoms. The fraction of sp³-hybridized carbons (Fsp3) is 0.286. The van der Waals surface area contributed by atoms with Gasteiger partial charge in [0.25, 0.3) is 5.91 Å². The number of likely N-dealkylation sites (tertiary alicyclic amines) is 1. The average molecular weight is 457 g/mol. The van der Waals surface area contributed by atoms with E-state index in [0.717, 1.165) is 41.8 Å². The van der Waals surface area contributed by atoms with Gasteiger partial charge in [0.05, 0.1) is 11.7 Å². The predicted molar refractivity (Wildman–Crippen MR) is 116 cm³/mol. The molecule has 0 unspecified atom stereocenters. The highest BCUT2D eigenvalue weighted by atomic mass is 79.9. The molecule has 0 spiro atoms. The zero-order chi connectivity index (χ0) is 19.5. The van der Waals surface area contributed by atoms with Crippen LogP contribution in [0.25, 0.3) is 0 Å². The molecule has 2 aromatic heterocycles. The SMILES string of the molecule is Cc1ccc(CN2CCC[C@H]2c2csc(NC(=O)c3ccc(Br)cc3)n2)cn1. The topological polar surface area (TPSA) is 58.1 Å². The van der Waals surface area contributed by atoms with E-state index in [-0.39, 0.29) is 11.9 Å². The molecule has 1 aliphatic rings. The van der Waals surface area contributed by atoms with Crippen LogP contribution in [0.1, 0.15) is 46.2 Å². The first-order valence-corrected chi connectivity index (χ1v) is 10.9. The summed E-state index contributed by atoms with van der Waals surface area (Å²) in [6, 6.07) is 11.8. The number of pyridine rings is 1. The van der Waals surface area contributed by atoms with E-state index in [1.165, 1.54) is 16.9 Å². The van der Waals surface area contributed by atoms with Gasteiger partial charge in [0, 0.05) is 33.9 Å². The molecule has 3 aromatic rings. The molecule has 1 aromatic carbocycles. The van der Waals surface area contributed by atoms with Crippen molar-refractivity contribution in [1.82, 2.24) is 14.9 Å². The van der Waals surface area contributed by atoms with E-state index in [1.807, 2.05) is 25.3 Å². The molecule has 1 saturated heterocycles. The standard InChI is InChI=1S/C21H21BrN4OS/c1-14-4-5-15(11-23-14)12-26-10-2-3-19(26)18-13-28-21(24-18)25-20(27)16-6-8-17(22)9-7-16/h4-9,11,13,19H,2-3,10,12H2,1H3,(H,24,25,27)/t19-/m0/s1. The quantitative estimate of drug-likeness (QED) is 0.573. The largest absolute Gasteiger partial charge is 0.298 e. The second kappa shape index (κ2) is 8.51. The van der Waals surface area contributed by atoms with Gasteiger partial charge in [-0.3, -0.25) is 20.0 Å². The Labute approximate surface area is 177 Å². The molecule has 144 valence electrons. The normalized spacial score (nSPS) is 17.0. The smallest absolute Gasteiger partial charge is 0.257 e. The van der Waals surface area contributed by atoms with Crippen LogP contribution < -0.4 is 5.32 Å². The van der Waals surface area contributed by atoms with Gasteiger partial charge in [-0.2, -0.15) is 0 Å². The molecule has 28 heavy (non-hydrogen) atoms. The van der Waals surface area contributed by atoms with Gasteiger partial charge in [0.2, 0.25) is 0 Å². The van der Waals surface area contributed by atoms with E-state index in [9.17, 15) is 4.79 Å². The number of amides is 1. The zero-order valence-electron chi connectivity index (χ0n) is 15.6. The van der Waals surface area contributed by atoms with Gasteiger partial charge < -0.3 is 0 Å². The molecule has 0 aliphatic carbocycles. The fourth-order valence-corrected chi connectivity index (χ4v) is 4.46. The molecule has 4 rings (SSSR count). The van der Waals surface area contributed by atoms with Crippen molar-refractivity contribution >= 4 is 38.3 Å². The maximum absolute atomic E-state index is 12.4. The van der Waals surface area contributed by atoms with Gasteiger partial charge in [0.15, 0.2) is 5.13 Å². The minimum absolute atomic E-state index is 0.137. The number of carbonyl (C=O) groups excluding carboxylic acids is 1. The van der Waals surface area contributed by atoms with Crippen molar-refractivity contribution in [2.75, 3.05) is 11.9 Å². The van der Waals surface area contributed by atoms with Gasteiger partial charge >= 0.3 is 0 Å². The minimum Gasteiger partial charge on any atom is -0.298 e. The van der Waals surface area contributed by atoms with Crippen LogP contribution in [-0.4, -0.2) is 27.3 Å². The lowest BCUT2D eigenvalue weighted by atomic mass is 10.1. The Balaban J connectivity index is 1.43. The van der Waals surface area contributed by atoms with Crippen molar-refractivity contribution in [3.05, 3.63) is 75.0 Å². The molecule has 0 radical (unpaired) electrons. The number of hydrogen-bond donors (Lipinski definition) is 1. The maximum Gasteiger partial charge on any atom is 0.257 e. The number of nitrogens with one attached hydrogen (secondary N) is 1. The average Bonchev–Trinajstić information content (AvgIpc) is 3.33. The predicted octanol–water partition coefficient (Wildman–Crippen LogP) is 5.20. The number of carbonyl (C=O) groups is 1. The summed E-state index contributed by atoms with van der Waals surface area (Å²) < 4.78 is 0.950. The van der Waals surface area contributed by atoms with Crippen molar-refractivity contribution in [1.29, 1.82) is 0 Å². The summed E-state index contributed by atoms with van der Waals surface area (Å²) in [5.74, 6) is -0.137. The third kappa shape index (κ3) is 4.48. The number of thiazole rings is 1. The Morgan fingerprint density at radius 2 is 2.11 bits per heavy atom. The number of benzene rings is 1. The molecule has 1 atom stereocenters. The molecular weight excluding hydrogens is 436 g/mol. The van der Waals surface area contributed by atoms with Crippen LogP contribution in [0.3, 0.4) is 0 Å². The van der Waals surface area contributed by atoms with E-state index < -0.39 is 0 Å². The molecule has 1 fully saturated rings. The number of aromatic nitrogens is 2. The molecule has 1 aliphatic heterocycles. The fourth-order valence-electron chi connectivity index (χ4n) is 3.44. The Bertz CT molecular complexity index is 955. The summed E-state index contributed by atoms with van der Waals surface area (Å²) in [7, 11) is 0. The van der Waals surface area contributed by atoms with E-state index in [2.05, 4.69) is 48.6 Å². The molecule has 3 heterocycles. The molecule has 0 saturated carbocycles. The first-order chi connectivity index (χ1) is 13.6. The Hall–Kier alpha value is -2.09. The molecule has 1 amide bonds. The lowest BCUT2D eigenvalue weighted by Gasteiger charge is -2.23. The second-order valence-corrected chi connectivity index (χ2v) is 8.75. The molecule has 7 heteroatoms. The van der Waals surface area contributed by atoms with Crippen LogP contribution in [0.4, 0.5) is 5.13 Å². The summed E-state index contributed by atoms with van der Waals surface area (Å²) in [5.41, 5.74) is 3.91. The zero-order valence-corrected chi connectivity index (χ0v) is 18.0. The van der Waals surface area contributed by atoms with Crippen molar-refractivity contribution < 1.29 is 4.79 Å². The number of halogens is 1. The van der Waals surface area contributed by atoms with Gasteiger partial charge in [-0.15, -0.1) is 11.3 Å². The molecular formula is C21H21BrN4OS. The second-order valence-electron chi connectivity index (χ2n) is 6.97. The van der Waals surface area contributed by atoms with Gasteiger partial charge in [-0.25, -0.2) is 4.98 Å². The minimum atomic E-state index is -0.137. The van der Waals surface area contributed by atoms with E-state index in [1.54, 1.807) is 12.1 Å². The van der Waals surface area contributed by atoms with E-state index >= 15 is 0 Å². The van der Waals surface area contributed by atoms with Gasteiger partial charge in [0.1, 0.15) is 0 Å². The van der Waals surface area contributed by atoms with E-state index in [0.29, 0.717) is 10.7 Å². The van der Waals surface area contributed by atoms with Crippen LogP contribution in [0.15, 0.2) is 52.4 Å². The van der Waals surface area contributed by atoms with Crippen LogP contribution in [-0.2, 0) is 6.54 Å². The van der Waals surface area contributed by atoms with Crippen molar-refractivity contribution in [2.24, 2.45) is 0 Å². The Morgan fingerprint density at radius 3 is 2.86 bits per heavy atom. The first kappa shape index (κ1) is 19.2. The van der Waals surface area contributed by atoms with Crippen LogP contribution in [0, 0.1) is 6.92 Å². The van der Waals surface area contributed by atoms with Gasteiger partial charge in [-0.1, -0.05) is 22.0 Å². The summed E-state index contributed by atoms with van der Waals surface area (Å²) in [6.07, 6.45) is 4.20. The van der Waals surface area contributed by atoms with Crippen LogP contribution in [0.5, 0.6) is 0 Å². The summed E-state index contributed by atoms with van der Waals surface area (Å²) in [6.45, 7) is 3.93. The Morgan fingerprint density at radius 1 is 1.29 bits per heavy atom. The first-order valence-electron chi connectivity index (χ1n) is 9.26. The van der Waals surface area contributed by atoms with Crippen molar-refractivity contribution in [3.63, 3.8) is 0 Å². The molecule has 1 N–H and O–H groups in total. The summed E-state index contributed by atoms with van der Waals surface area (Å²) in [4.78, 5) is 24.0.